The van der Waals surface area contributed by atoms with Crippen LogP contribution < -0.4 is 4.90 Å². The lowest BCUT2D eigenvalue weighted by molar-refractivity contribution is -0.385. The summed E-state index contributed by atoms with van der Waals surface area (Å²) in [6.07, 6.45) is 2.26. The summed E-state index contributed by atoms with van der Waals surface area (Å²) in [5.74, 6) is 1.15. The van der Waals surface area contributed by atoms with Crippen molar-refractivity contribution in [1.29, 1.82) is 0 Å². The molecule has 7 nitrogen and oxygen atoms in total. The average molecular weight is 318 g/mol. The van der Waals surface area contributed by atoms with Gasteiger partial charge in [0.25, 0.3) is 5.69 Å². The molecular formula is C16H22N4O3. The molecule has 124 valence electrons. The number of nitrogens with zero attached hydrogens (tertiary/aromatic N) is 4. The highest BCUT2D eigenvalue weighted by atomic mass is 16.6. The Morgan fingerprint density at radius 1 is 1.39 bits per heavy atom. The van der Waals surface area contributed by atoms with E-state index in [1.807, 2.05) is 4.90 Å². The van der Waals surface area contributed by atoms with Gasteiger partial charge in [-0.1, -0.05) is 13.8 Å². The van der Waals surface area contributed by atoms with Crippen molar-refractivity contribution in [3.05, 3.63) is 28.4 Å². The molecule has 0 bridgehead atoms. The van der Waals surface area contributed by atoms with E-state index in [0.717, 1.165) is 12.2 Å². The van der Waals surface area contributed by atoms with Gasteiger partial charge in [-0.15, -0.1) is 0 Å². The molecule has 0 spiro atoms. The first kappa shape index (κ1) is 15.7. The van der Waals surface area contributed by atoms with Crippen LogP contribution in [0.3, 0.4) is 0 Å². The molecule has 0 aromatic carbocycles. The summed E-state index contributed by atoms with van der Waals surface area (Å²) < 4.78 is 0. The number of carbonyl (C=O) groups is 1. The van der Waals surface area contributed by atoms with Crippen LogP contribution in [-0.4, -0.2) is 46.4 Å². The van der Waals surface area contributed by atoms with E-state index in [0.29, 0.717) is 19.6 Å². The molecular weight excluding hydrogens is 296 g/mol. The molecule has 1 amide bonds. The minimum Gasteiger partial charge on any atom is -0.350 e. The van der Waals surface area contributed by atoms with Gasteiger partial charge in [0.2, 0.25) is 5.91 Å². The molecule has 2 aliphatic rings. The Labute approximate surface area is 135 Å². The highest BCUT2D eigenvalue weighted by molar-refractivity contribution is 5.82. The summed E-state index contributed by atoms with van der Waals surface area (Å²) in [5.41, 5.74) is 0.142. The maximum absolute atomic E-state index is 12.5. The number of pyridine rings is 1. The predicted molar refractivity (Wildman–Crippen MR) is 86.2 cm³/mol. The molecule has 1 aliphatic heterocycles. The molecule has 23 heavy (non-hydrogen) atoms. The second-order valence-electron chi connectivity index (χ2n) is 7.20. The van der Waals surface area contributed by atoms with E-state index in [-0.39, 0.29) is 29.0 Å². The highest BCUT2D eigenvalue weighted by Crippen LogP contribution is 2.52. The van der Waals surface area contributed by atoms with E-state index in [4.69, 9.17) is 0 Å². The average Bonchev–Trinajstić information content (AvgIpc) is 3.15. The monoisotopic (exact) mass is 318 g/mol. The van der Waals surface area contributed by atoms with Crippen LogP contribution in [0, 0.1) is 21.4 Å². The van der Waals surface area contributed by atoms with Gasteiger partial charge in [0, 0.05) is 37.7 Å². The number of hydrogen-bond donors (Lipinski definition) is 0. The van der Waals surface area contributed by atoms with E-state index < -0.39 is 4.92 Å². The largest absolute Gasteiger partial charge is 0.350 e. The van der Waals surface area contributed by atoms with Crippen molar-refractivity contribution < 1.29 is 9.72 Å². The second kappa shape index (κ2) is 5.47. The van der Waals surface area contributed by atoms with Gasteiger partial charge in [-0.2, -0.15) is 0 Å². The third kappa shape index (κ3) is 3.00. The summed E-state index contributed by atoms with van der Waals surface area (Å²) >= 11 is 0. The van der Waals surface area contributed by atoms with Gasteiger partial charge >= 0.3 is 0 Å². The number of aromatic nitrogens is 1. The first-order chi connectivity index (χ1) is 10.8. The Balaban J connectivity index is 1.64. The maximum Gasteiger partial charge on any atom is 0.287 e. The molecule has 3 rings (SSSR count). The fourth-order valence-electron chi connectivity index (χ4n) is 3.26. The lowest BCUT2D eigenvalue weighted by Gasteiger charge is -2.40. The standard InChI is InChI=1S/C16H22N4O3/c1-11-10-18(15(21)13-8-16(13,2)3)6-7-19(11)14-5-4-12(9-17-14)20(22)23/h4-5,9,11,13H,6-8,10H2,1-3H3/t11?,13-/m1/s1. The van der Waals surface area contributed by atoms with Gasteiger partial charge in [-0.05, 0) is 24.8 Å². The molecule has 0 radical (unpaired) electrons. The zero-order valence-electron chi connectivity index (χ0n) is 13.7. The van der Waals surface area contributed by atoms with Crippen molar-refractivity contribution in [2.24, 2.45) is 11.3 Å². The third-order valence-electron chi connectivity index (χ3n) is 4.99. The minimum absolute atomic E-state index is 0.00817. The number of amides is 1. The van der Waals surface area contributed by atoms with Gasteiger partial charge in [0.1, 0.15) is 12.0 Å². The molecule has 1 saturated carbocycles. The summed E-state index contributed by atoms with van der Waals surface area (Å²) in [5, 5.41) is 10.7. The fraction of sp³-hybridized carbons (Fsp3) is 0.625. The number of hydrogen-bond acceptors (Lipinski definition) is 5. The molecule has 2 heterocycles. The zero-order chi connectivity index (χ0) is 16.8. The van der Waals surface area contributed by atoms with Gasteiger partial charge in [0.05, 0.1) is 4.92 Å². The van der Waals surface area contributed by atoms with E-state index in [1.165, 1.54) is 12.3 Å². The van der Waals surface area contributed by atoms with Crippen molar-refractivity contribution in [3.63, 3.8) is 0 Å². The summed E-state index contributed by atoms with van der Waals surface area (Å²) in [7, 11) is 0. The number of nitro groups is 1. The minimum atomic E-state index is -0.450. The molecule has 1 aromatic rings. The second-order valence-corrected chi connectivity index (χ2v) is 7.20. The van der Waals surface area contributed by atoms with E-state index in [2.05, 4.69) is 30.7 Å². The molecule has 7 heteroatoms. The quantitative estimate of drug-likeness (QED) is 0.629. The predicted octanol–water partition coefficient (Wildman–Crippen LogP) is 2.07. The van der Waals surface area contributed by atoms with Crippen molar-refractivity contribution in [1.82, 2.24) is 9.88 Å². The third-order valence-corrected chi connectivity index (χ3v) is 4.99. The summed E-state index contributed by atoms with van der Waals surface area (Å²) in [4.78, 5) is 31.0. The van der Waals surface area contributed by atoms with Gasteiger partial charge < -0.3 is 9.80 Å². The van der Waals surface area contributed by atoms with Crippen LogP contribution in [0.1, 0.15) is 27.2 Å². The van der Waals surface area contributed by atoms with Crippen LogP contribution in [0.25, 0.3) is 0 Å². The van der Waals surface area contributed by atoms with E-state index in [9.17, 15) is 14.9 Å². The van der Waals surface area contributed by atoms with Crippen LogP contribution in [0.5, 0.6) is 0 Å². The van der Waals surface area contributed by atoms with Crippen LogP contribution in [-0.2, 0) is 4.79 Å². The molecule has 1 unspecified atom stereocenters. The van der Waals surface area contributed by atoms with Crippen LogP contribution in [0.4, 0.5) is 11.5 Å². The Morgan fingerprint density at radius 3 is 2.57 bits per heavy atom. The number of rotatable bonds is 3. The Hall–Kier alpha value is -2.18. The van der Waals surface area contributed by atoms with Crippen molar-refractivity contribution in [3.8, 4) is 0 Å². The van der Waals surface area contributed by atoms with Gasteiger partial charge in [0.15, 0.2) is 0 Å². The van der Waals surface area contributed by atoms with Crippen LogP contribution >= 0.6 is 0 Å². The Kier molecular flexibility index (Phi) is 3.74. The van der Waals surface area contributed by atoms with Crippen molar-refractivity contribution in [2.75, 3.05) is 24.5 Å². The maximum atomic E-state index is 12.5. The SMILES string of the molecule is CC1CN(C(=O)[C@H]2CC2(C)C)CCN1c1ccc([N+](=O)[O-])cn1. The molecule has 1 aromatic heterocycles. The van der Waals surface area contributed by atoms with Crippen LogP contribution in [0.2, 0.25) is 0 Å². The van der Waals surface area contributed by atoms with Crippen LogP contribution in [0.15, 0.2) is 18.3 Å². The Morgan fingerprint density at radius 2 is 2.09 bits per heavy atom. The topological polar surface area (TPSA) is 79.6 Å². The zero-order valence-corrected chi connectivity index (χ0v) is 13.7. The van der Waals surface area contributed by atoms with Crippen molar-refractivity contribution >= 4 is 17.4 Å². The molecule has 2 fully saturated rings. The molecule has 1 saturated heterocycles. The van der Waals surface area contributed by atoms with Gasteiger partial charge in [-0.3, -0.25) is 14.9 Å². The van der Waals surface area contributed by atoms with E-state index in [1.54, 1.807) is 6.07 Å². The first-order valence-corrected chi connectivity index (χ1v) is 7.95. The summed E-state index contributed by atoms with van der Waals surface area (Å²) in [6.45, 7) is 8.37. The number of carbonyl (C=O) groups excluding carboxylic acids is 1. The summed E-state index contributed by atoms with van der Waals surface area (Å²) in [6, 6.07) is 3.29. The normalized spacial score (nSPS) is 26.0. The first-order valence-electron chi connectivity index (χ1n) is 7.95. The van der Waals surface area contributed by atoms with E-state index >= 15 is 0 Å². The number of piperazine rings is 1. The fourth-order valence-corrected chi connectivity index (χ4v) is 3.26. The smallest absolute Gasteiger partial charge is 0.287 e. The Bertz CT molecular complexity index is 629. The lowest BCUT2D eigenvalue weighted by Crippen LogP contribution is -2.54. The molecule has 1 aliphatic carbocycles. The molecule has 0 N–H and O–H groups in total. The highest BCUT2D eigenvalue weighted by Gasteiger charge is 2.52. The lowest BCUT2D eigenvalue weighted by atomic mass is 10.1. The number of anilines is 1. The van der Waals surface area contributed by atoms with Gasteiger partial charge in [-0.25, -0.2) is 4.98 Å². The van der Waals surface area contributed by atoms with Crippen molar-refractivity contribution in [2.45, 2.75) is 33.2 Å². The molecule has 2 atom stereocenters.